The Bertz CT molecular complexity index is 89.1. The summed E-state index contributed by atoms with van der Waals surface area (Å²) in [4.78, 5) is 9.75. The first-order valence-electron chi connectivity index (χ1n) is 1.49. The van der Waals surface area contributed by atoms with Crippen LogP contribution in [0.15, 0.2) is 0 Å². The van der Waals surface area contributed by atoms with Crippen molar-refractivity contribution in [1.82, 2.24) is 5.32 Å². The summed E-state index contributed by atoms with van der Waals surface area (Å²) in [5.74, 6) is 0. The molecule has 0 aromatic heterocycles. The summed E-state index contributed by atoms with van der Waals surface area (Å²) >= 11 is 4.24. The second-order valence-corrected chi connectivity index (χ2v) is 1.29. The van der Waals surface area contributed by atoms with Gasteiger partial charge in [-0.25, -0.2) is 4.79 Å². The average molecular weight is 119 g/mol. The van der Waals surface area contributed by atoms with Crippen LogP contribution < -0.4 is 16.8 Å². The first-order valence-corrected chi connectivity index (χ1v) is 1.89. The number of nitrogens with one attached hydrogen (secondary N) is 1. The minimum atomic E-state index is -0.729. The molecule has 2 amide bonds. The van der Waals surface area contributed by atoms with Gasteiger partial charge in [-0.05, 0) is 12.2 Å². The molecule has 7 heavy (non-hydrogen) atoms. The number of hydrogen-bond acceptors (Lipinski definition) is 2. The third kappa shape index (κ3) is 5.16. The quantitative estimate of drug-likeness (QED) is 0.354. The highest BCUT2D eigenvalue weighted by atomic mass is 32.1. The van der Waals surface area contributed by atoms with Gasteiger partial charge in [-0.2, -0.15) is 0 Å². The van der Waals surface area contributed by atoms with E-state index in [0.717, 1.165) is 0 Å². The molecular weight excluding hydrogens is 114 g/mol. The Kier molecular flexibility index (Phi) is 2.07. The fourth-order valence-electron chi connectivity index (χ4n) is 0.121. The molecule has 0 atom stereocenters. The van der Waals surface area contributed by atoms with Crippen molar-refractivity contribution < 1.29 is 4.79 Å². The zero-order valence-electron chi connectivity index (χ0n) is 3.47. The van der Waals surface area contributed by atoms with Crippen LogP contribution in [0.3, 0.4) is 0 Å². The van der Waals surface area contributed by atoms with E-state index in [4.69, 9.17) is 5.73 Å². The summed E-state index contributed by atoms with van der Waals surface area (Å²) in [6.07, 6.45) is 0. The first kappa shape index (κ1) is 6.16. The van der Waals surface area contributed by atoms with Crippen molar-refractivity contribution in [2.45, 2.75) is 0 Å². The van der Waals surface area contributed by atoms with Gasteiger partial charge in [0.25, 0.3) is 0 Å². The lowest BCUT2D eigenvalue weighted by atomic mass is 11.0. The molecule has 0 fully saturated rings. The number of nitrogens with two attached hydrogens (primary N) is 2. The molecular formula is C2H5N3OS. The van der Waals surface area contributed by atoms with Gasteiger partial charge in [0.2, 0.25) is 0 Å². The van der Waals surface area contributed by atoms with Crippen molar-refractivity contribution in [3.63, 3.8) is 0 Å². The van der Waals surface area contributed by atoms with Crippen LogP contribution in [0.25, 0.3) is 0 Å². The molecule has 4 nitrogen and oxygen atoms in total. The van der Waals surface area contributed by atoms with Crippen LogP contribution in [0, 0.1) is 0 Å². The molecule has 0 saturated heterocycles. The van der Waals surface area contributed by atoms with Gasteiger partial charge in [-0.15, -0.1) is 0 Å². The summed E-state index contributed by atoms with van der Waals surface area (Å²) < 4.78 is 0. The lowest BCUT2D eigenvalue weighted by Gasteiger charge is -1.91. The third-order valence-corrected chi connectivity index (χ3v) is 0.348. The Morgan fingerprint density at radius 1 is 1.57 bits per heavy atom. The summed E-state index contributed by atoms with van der Waals surface area (Å²) in [6, 6.07) is -0.729. The van der Waals surface area contributed by atoms with Crippen LogP contribution in [0.2, 0.25) is 0 Å². The molecule has 0 saturated carbocycles. The molecule has 5 heteroatoms. The SMILES string of the molecule is NC(=O)NC(N)=S. The number of amides is 2. The van der Waals surface area contributed by atoms with Crippen molar-refractivity contribution in [1.29, 1.82) is 0 Å². The molecule has 0 unspecified atom stereocenters. The van der Waals surface area contributed by atoms with Crippen LogP contribution in [0.5, 0.6) is 0 Å². The molecule has 40 valence electrons. The molecule has 0 aliphatic carbocycles. The zero-order chi connectivity index (χ0) is 5.86. The maximum Gasteiger partial charge on any atom is 0.318 e. The van der Waals surface area contributed by atoms with Crippen LogP contribution in [0.4, 0.5) is 4.79 Å². The van der Waals surface area contributed by atoms with Gasteiger partial charge in [-0.1, -0.05) is 0 Å². The number of urea groups is 1. The van der Waals surface area contributed by atoms with Crippen molar-refractivity contribution in [2.75, 3.05) is 0 Å². The minimum absolute atomic E-state index is 0.104. The number of carbonyl (C=O) groups excluding carboxylic acids is 1. The van der Waals surface area contributed by atoms with Crippen molar-refractivity contribution in [3.05, 3.63) is 0 Å². The van der Waals surface area contributed by atoms with E-state index in [9.17, 15) is 4.79 Å². The van der Waals surface area contributed by atoms with E-state index in [1.807, 2.05) is 5.32 Å². The van der Waals surface area contributed by atoms with Crippen molar-refractivity contribution in [2.24, 2.45) is 11.5 Å². The van der Waals surface area contributed by atoms with Gasteiger partial charge in [0, 0.05) is 0 Å². The van der Waals surface area contributed by atoms with Crippen LogP contribution in [-0.2, 0) is 0 Å². The van der Waals surface area contributed by atoms with Gasteiger partial charge in [0.1, 0.15) is 0 Å². The van der Waals surface area contributed by atoms with E-state index in [1.165, 1.54) is 0 Å². The maximum atomic E-state index is 9.75. The molecule has 0 heterocycles. The molecule has 0 radical (unpaired) electrons. The van der Waals surface area contributed by atoms with E-state index in [2.05, 4.69) is 18.0 Å². The number of primary amides is 1. The number of rotatable bonds is 0. The van der Waals surface area contributed by atoms with Crippen LogP contribution >= 0.6 is 12.2 Å². The smallest absolute Gasteiger partial charge is 0.318 e. The predicted octanol–water partition coefficient (Wildman–Crippen LogP) is -1.10. The number of hydrogen-bond donors (Lipinski definition) is 3. The molecule has 0 bridgehead atoms. The molecule has 0 rings (SSSR count). The second-order valence-electron chi connectivity index (χ2n) is 0.854. The highest BCUT2D eigenvalue weighted by molar-refractivity contribution is 7.80. The molecule has 0 aromatic carbocycles. The largest absolute Gasteiger partial charge is 0.376 e. The Morgan fingerprint density at radius 3 is 2.00 bits per heavy atom. The molecule has 0 aromatic rings. The molecule has 0 spiro atoms. The maximum absolute atomic E-state index is 9.75. The van der Waals surface area contributed by atoms with Gasteiger partial charge in [-0.3, -0.25) is 5.32 Å². The Balaban J connectivity index is 3.32. The van der Waals surface area contributed by atoms with Crippen molar-refractivity contribution in [3.8, 4) is 0 Å². The zero-order valence-corrected chi connectivity index (χ0v) is 4.29. The Morgan fingerprint density at radius 2 is 2.00 bits per heavy atom. The van der Waals surface area contributed by atoms with E-state index in [-0.39, 0.29) is 5.11 Å². The second kappa shape index (κ2) is 2.35. The van der Waals surface area contributed by atoms with E-state index < -0.39 is 6.03 Å². The highest BCUT2D eigenvalue weighted by Crippen LogP contribution is 1.53. The van der Waals surface area contributed by atoms with Crippen LogP contribution in [-0.4, -0.2) is 11.1 Å². The third-order valence-electron chi connectivity index (χ3n) is 0.246. The predicted molar refractivity (Wildman–Crippen MR) is 29.5 cm³/mol. The summed E-state index contributed by atoms with van der Waals surface area (Å²) in [6.45, 7) is 0. The Labute approximate surface area is 45.9 Å². The molecule has 5 N–H and O–H groups in total. The van der Waals surface area contributed by atoms with Crippen LogP contribution in [0.1, 0.15) is 0 Å². The van der Waals surface area contributed by atoms with E-state index >= 15 is 0 Å². The van der Waals surface area contributed by atoms with E-state index in [0.29, 0.717) is 0 Å². The summed E-state index contributed by atoms with van der Waals surface area (Å²) in [5, 5.41) is 1.85. The monoisotopic (exact) mass is 119 g/mol. The Hall–Kier alpha value is -0.840. The average Bonchev–Trinajstić information content (AvgIpc) is 1.27. The topological polar surface area (TPSA) is 81.1 Å². The van der Waals surface area contributed by atoms with Gasteiger partial charge < -0.3 is 11.5 Å². The van der Waals surface area contributed by atoms with Gasteiger partial charge >= 0.3 is 6.03 Å². The fourth-order valence-corrected chi connectivity index (χ4v) is 0.222. The standard InChI is InChI=1S/C2H5N3OS/c3-1(6)5-2(4)7/h(H5,3,4,5,6,7). The highest BCUT2D eigenvalue weighted by Gasteiger charge is 1.87. The van der Waals surface area contributed by atoms with Gasteiger partial charge in [0.15, 0.2) is 5.11 Å². The number of thiocarbonyl (C=S) groups is 1. The minimum Gasteiger partial charge on any atom is -0.376 e. The van der Waals surface area contributed by atoms with E-state index in [1.54, 1.807) is 0 Å². The lowest BCUT2D eigenvalue weighted by Crippen LogP contribution is -2.38. The first-order chi connectivity index (χ1) is 3.13. The molecule has 0 aliphatic rings. The molecule has 0 aliphatic heterocycles. The van der Waals surface area contributed by atoms with Crippen molar-refractivity contribution >= 4 is 23.4 Å². The lowest BCUT2D eigenvalue weighted by molar-refractivity contribution is 0.253. The normalized spacial score (nSPS) is 7.43. The number of carbonyl (C=O) groups is 1. The summed E-state index contributed by atoms with van der Waals surface area (Å²) in [7, 11) is 0. The fraction of sp³-hybridized carbons (Fsp3) is 0. The summed E-state index contributed by atoms with van der Waals surface area (Å²) in [5.41, 5.74) is 9.39. The van der Waals surface area contributed by atoms with Gasteiger partial charge in [0.05, 0.1) is 0 Å².